The van der Waals surface area contributed by atoms with E-state index in [1.807, 2.05) is 0 Å². The number of pyridine rings is 1. The van der Waals surface area contributed by atoms with Crippen molar-refractivity contribution in [1.82, 2.24) is 9.29 Å². The number of nitrogens with zero attached hydrogens (tertiary/aromatic N) is 2. The van der Waals surface area contributed by atoms with Gasteiger partial charge >= 0.3 is 0 Å². The van der Waals surface area contributed by atoms with Crippen LogP contribution in [0.1, 0.15) is 25.8 Å². The van der Waals surface area contributed by atoms with E-state index in [0.717, 1.165) is 6.42 Å². The van der Waals surface area contributed by atoms with E-state index < -0.39 is 15.6 Å². The Morgan fingerprint density at radius 1 is 1.32 bits per heavy atom. The highest BCUT2D eigenvalue weighted by Gasteiger charge is 2.26. The lowest BCUT2D eigenvalue weighted by molar-refractivity contribution is 0.473. The molecule has 0 amide bonds. The van der Waals surface area contributed by atoms with Crippen LogP contribution in [0.2, 0.25) is 0 Å². The van der Waals surface area contributed by atoms with Gasteiger partial charge in [-0.05, 0) is 24.5 Å². The minimum absolute atomic E-state index is 0.0579. The molecule has 1 aliphatic heterocycles. The Balaban J connectivity index is 2.25. The fourth-order valence-electron chi connectivity index (χ4n) is 2.85. The van der Waals surface area contributed by atoms with Gasteiger partial charge in [0, 0.05) is 11.9 Å². The summed E-state index contributed by atoms with van der Waals surface area (Å²) in [6, 6.07) is 7.04. The minimum Gasteiger partial charge on any atom is -0.506 e. The van der Waals surface area contributed by atoms with E-state index in [0.29, 0.717) is 23.4 Å². The van der Waals surface area contributed by atoms with E-state index in [4.69, 9.17) is 0 Å². The summed E-state index contributed by atoms with van der Waals surface area (Å²) in [5, 5.41) is 11.1. The number of aromatic nitrogens is 1. The second-order valence-corrected chi connectivity index (χ2v) is 8.37. The quantitative estimate of drug-likeness (QED) is 0.858. The number of aromatic hydroxyl groups is 1. The summed E-state index contributed by atoms with van der Waals surface area (Å²) >= 11 is 0. The topological polar surface area (TPSA) is 101 Å². The Bertz CT molecular complexity index is 1010. The van der Waals surface area contributed by atoms with Crippen LogP contribution in [0.4, 0.5) is 0 Å². The highest BCUT2D eigenvalue weighted by Crippen LogP contribution is 2.27. The molecule has 0 unspecified atom stereocenters. The molecule has 0 saturated heterocycles. The number of sulfonamides is 1. The lowest BCUT2D eigenvalue weighted by Crippen LogP contribution is -2.42. The number of rotatable bonds is 4. The van der Waals surface area contributed by atoms with Crippen LogP contribution in [-0.2, 0) is 16.6 Å². The van der Waals surface area contributed by atoms with Gasteiger partial charge in [0.2, 0.25) is 10.0 Å². The molecule has 0 saturated carbocycles. The van der Waals surface area contributed by atoms with Gasteiger partial charge in [0.1, 0.15) is 11.3 Å². The molecular formula is C17H21N3O4S. The van der Waals surface area contributed by atoms with Gasteiger partial charge in [0.15, 0.2) is 5.84 Å². The van der Waals surface area contributed by atoms with Crippen molar-refractivity contribution in [3.8, 4) is 5.75 Å². The lowest BCUT2D eigenvalue weighted by Gasteiger charge is -2.19. The van der Waals surface area contributed by atoms with Gasteiger partial charge in [-0.25, -0.2) is 8.42 Å². The van der Waals surface area contributed by atoms with Crippen LogP contribution < -0.4 is 10.3 Å². The molecular weight excluding hydrogens is 342 g/mol. The third-order valence-electron chi connectivity index (χ3n) is 4.19. The molecule has 2 aromatic rings. The maximum absolute atomic E-state index is 13.0. The van der Waals surface area contributed by atoms with Crippen molar-refractivity contribution in [2.24, 2.45) is 10.9 Å². The lowest BCUT2D eigenvalue weighted by atomic mass is 10.1. The molecule has 8 heteroatoms. The van der Waals surface area contributed by atoms with Crippen LogP contribution in [0.3, 0.4) is 0 Å². The van der Waals surface area contributed by atoms with E-state index in [1.165, 1.54) is 0 Å². The molecule has 1 aromatic heterocycles. The maximum Gasteiger partial charge on any atom is 0.265 e. The predicted molar refractivity (Wildman–Crippen MR) is 97.7 cm³/mol. The summed E-state index contributed by atoms with van der Waals surface area (Å²) in [7, 11) is -3.55. The van der Waals surface area contributed by atoms with Crippen molar-refractivity contribution in [1.29, 1.82) is 0 Å². The van der Waals surface area contributed by atoms with E-state index in [1.54, 1.807) is 28.8 Å². The number of para-hydroxylation sites is 1. The average molecular weight is 363 g/mol. The molecule has 0 fully saturated rings. The normalized spacial score (nSPS) is 16.7. The molecule has 1 aromatic carbocycles. The van der Waals surface area contributed by atoms with Crippen LogP contribution in [-0.4, -0.2) is 36.2 Å². The third kappa shape index (κ3) is 3.39. The number of fused-ring (bicyclic) bond motifs is 1. The largest absolute Gasteiger partial charge is 0.506 e. The Labute approximate surface area is 146 Å². The van der Waals surface area contributed by atoms with Gasteiger partial charge < -0.3 is 9.67 Å². The Morgan fingerprint density at radius 2 is 2.04 bits per heavy atom. The number of aryl methyl sites for hydroxylation is 1. The van der Waals surface area contributed by atoms with Crippen LogP contribution in [0, 0.1) is 5.92 Å². The zero-order valence-electron chi connectivity index (χ0n) is 14.2. The number of benzene rings is 1. The SMILES string of the molecule is CC(C)CCn1c(=O)c(C2=NCCS(=O)(=O)N2)c(O)c2ccccc21. The monoisotopic (exact) mass is 363 g/mol. The van der Waals surface area contributed by atoms with Crippen molar-refractivity contribution in [3.05, 3.63) is 40.2 Å². The molecule has 134 valence electrons. The van der Waals surface area contributed by atoms with Crippen LogP contribution >= 0.6 is 0 Å². The van der Waals surface area contributed by atoms with E-state index in [9.17, 15) is 18.3 Å². The van der Waals surface area contributed by atoms with E-state index >= 15 is 0 Å². The van der Waals surface area contributed by atoms with E-state index in [-0.39, 0.29) is 29.4 Å². The van der Waals surface area contributed by atoms with Crippen molar-refractivity contribution in [2.45, 2.75) is 26.8 Å². The number of nitrogens with one attached hydrogen (secondary N) is 1. The summed E-state index contributed by atoms with van der Waals surface area (Å²) in [4.78, 5) is 17.1. The number of aliphatic imine (C=N–C) groups is 1. The summed E-state index contributed by atoms with van der Waals surface area (Å²) < 4.78 is 27.6. The van der Waals surface area contributed by atoms with Crippen molar-refractivity contribution in [3.63, 3.8) is 0 Å². The fraction of sp³-hybridized carbons (Fsp3) is 0.412. The Hall–Kier alpha value is -2.35. The third-order valence-corrected chi connectivity index (χ3v) is 5.42. The van der Waals surface area contributed by atoms with Crippen LogP contribution in [0.15, 0.2) is 34.1 Å². The minimum atomic E-state index is -3.55. The van der Waals surface area contributed by atoms with Gasteiger partial charge in [0.05, 0.1) is 17.8 Å². The van der Waals surface area contributed by atoms with Gasteiger partial charge in [-0.15, -0.1) is 0 Å². The first-order chi connectivity index (χ1) is 11.8. The molecule has 0 radical (unpaired) electrons. The second-order valence-electron chi connectivity index (χ2n) is 6.53. The molecule has 2 heterocycles. The number of amidine groups is 1. The standard InChI is InChI=1S/C17H21N3O4S/c1-11(2)7-9-20-13-6-4-3-5-12(13)15(21)14(17(20)22)16-18-8-10-25(23,24)19-16/h3-6,11,21H,7-10H2,1-2H3,(H,18,19). The first-order valence-electron chi connectivity index (χ1n) is 8.20. The smallest absolute Gasteiger partial charge is 0.265 e. The van der Waals surface area contributed by atoms with Gasteiger partial charge in [-0.3, -0.25) is 14.5 Å². The van der Waals surface area contributed by atoms with Crippen LogP contribution in [0.5, 0.6) is 5.75 Å². The number of hydrogen-bond acceptors (Lipinski definition) is 5. The first kappa shape index (κ1) is 17.5. The first-order valence-corrected chi connectivity index (χ1v) is 9.85. The molecule has 1 aliphatic rings. The summed E-state index contributed by atoms with van der Waals surface area (Å²) in [6.45, 7) is 4.66. The zero-order valence-corrected chi connectivity index (χ0v) is 15.0. The van der Waals surface area contributed by atoms with Gasteiger partial charge in [-0.2, -0.15) is 0 Å². The van der Waals surface area contributed by atoms with Crippen molar-refractivity contribution in [2.75, 3.05) is 12.3 Å². The summed E-state index contributed by atoms with van der Waals surface area (Å²) in [5.41, 5.74) is 0.0830. The Morgan fingerprint density at radius 3 is 2.72 bits per heavy atom. The zero-order chi connectivity index (χ0) is 18.2. The van der Waals surface area contributed by atoms with Gasteiger partial charge in [0.25, 0.3) is 5.56 Å². The van der Waals surface area contributed by atoms with E-state index in [2.05, 4.69) is 23.6 Å². The molecule has 0 atom stereocenters. The van der Waals surface area contributed by atoms with Crippen molar-refractivity contribution >= 4 is 26.8 Å². The molecule has 0 spiro atoms. The second kappa shape index (κ2) is 6.51. The molecule has 2 N–H and O–H groups in total. The average Bonchev–Trinajstić information content (AvgIpc) is 2.54. The van der Waals surface area contributed by atoms with Gasteiger partial charge in [-0.1, -0.05) is 26.0 Å². The van der Waals surface area contributed by atoms with Crippen LogP contribution in [0.25, 0.3) is 10.9 Å². The predicted octanol–water partition coefficient (Wildman–Crippen LogP) is 1.43. The summed E-state index contributed by atoms with van der Waals surface area (Å²) in [5.74, 6) is -0.0668. The molecule has 3 rings (SSSR count). The fourth-order valence-corrected chi connectivity index (χ4v) is 3.75. The molecule has 0 bridgehead atoms. The highest BCUT2D eigenvalue weighted by atomic mass is 32.2. The number of hydrogen-bond donors (Lipinski definition) is 2. The maximum atomic E-state index is 13.0. The molecule has 0 aliphatic carbocycles. The van der Waals surface area contributed by atoms with Crippen molar-refractivity contribution < 1.29 is 13.5 Å². The molecule has 25 heavy (non-hydrogen) atoms. The Kier molecular flexibility index (Phi) is 4.55. The highest BCUT2D eigenvalue weighted by molar-refractivity contribution is 7.90. The molecule has 7 nitrogen and oxygen atoms in total. The summed E-state index contributed by atoms with van der Waals surface area (Å²) in [6.07, 6.45) is 0.784.